The number of oxime groups is 1. The molecule has 2 aromatic rings. The lowest BCUT2D eigenvalue weighted by Gasteiger charge is -2.33. The largest absolute Gasteiger partial charge is 0.473 e. The van der Waals surface area contributed by atoms with Crippen molar-refractivity contribution in [3.05, 3.63) is 36.0 Å². The second-order valence-corrected chi connectivity index (χ2v) is 6.87. The highest BCUT2D eigenvalue weighted by molar-refractivity contribution is 6.27. The second-order valence-electron chi connectivity index (χ2n) is 6.87. The van der Waals surface area contributed by atoms with Crippen molar-refractivity contribution in [2.75, 3.05) is 39.8 Å². The van der Waals surface area contributed by atoms with E-state index in [9.17, 15) is 5.11 Å². The first-order valence-electron chi connectivity index (χ1n) is 9.12. The fourth-order valence-electron chi connectivity index (χ4n) is 3.20. The molecule has 1 aromatic heterocycles. The molecular weight excluding hydrogens is 380 g/mol. The summed E-state index contributed by atoms with van der Waals surface area (Å²) < 4.78 is 2.03. The van der Waals surface area contributed by atoms with Gasteiger partial charge in [0.2, 0.25) is 0 Å². The number of β-amino-alcohol motifs (C(OH)–C–C–N with tert-alkyl or cyclic N) is 1. The Kier molecular flexibility index (Phi) is 8.13. The number of para-hydroxylation sites is 1. The molecule has 1 saturated heterocycles. The topological polar surface area (TPSA) is 139 Å². The zero-order valence-corrected chi connectivity index (χ0v) is 16.2. The number of aliphatic hydroxyl groups excluding tert-OH is 1. The van der Waals surface area contributed by atoms with E-state index in [-0.39, 0.29) is 0 Å². The summed E-state index contributed by atoms with van der Waals surface area (Å²) >= 11 is 0. The fraction of sp³-hybridized carbons (Fsp3) is 0.421. The van der Waals surface area contributed by atoms with Gasteiger partial charge in [0.25, 0.3) is 0 Å². The lowest BCUT2D eigenvalue weighted by Crippen LogP contribution is -2.47. The normalized spacial score (nSPS) is 16.5. The van der Waals surface area contributed by atoms with Crippen LogP contribution < -0.4 is 0 Å². The maximum absolute atomic E-state index is 10.5. The molecule has 3 rings (SSSR count). The minimum Gasteiger partial charge on any atom is -0.473 e. The Labute approximate surface area is 167 Å². The standard InChI is InChI=1S/C17H24N4O2.C2H2O4/c1-19-6-8-20(9-7-19)12-15(22)13-21-11-14(10-18-23)16-4-2-3-5-17(16)21;3-1(4)2(5)6/h2-5,10-11,15,22-23H,6-9,12-13H2,1H3;(H,3,4)(H,5,6)/b18-10+;. The van der Waals surface area contributed by atoms with Gasteiger partial charge in [0.15, 0.2) is 0 Å². The van der Waals surface area contributed by atoms with Crippen LogP contribution in [0.2, 0.25) is 0 Å². The summed E-state index contributed by atoms with van der Waals surface area (Å²) in [6.45, 7) is 5.33. The lowest BCUT2D eigenvalue weighted by molar-refractivity contribution is -0.159. The van der Waals surface area contributed by atoms with Crippen LogP contribution in [0.1, 0.15) is 5.56 Å². The van der Waals surface area contributed by atoms with Crippen LogP contribution in [-0.2, 0) is 16.1 Å². The van der Waals surface area contributed by atoms with Crippen molar-refractivity contribution >= 4 is 29.1 Å². The van der Waals surface area contributed by atoms with Crippen molar-refractivity contribution in [1.29, 1.82) is 0 Å². The molecule has 1 atom stereocenters. The van der Waals surface area contributed by atoms with Crippen LogP contribution in [0.15, 0.2) is 35.6 Å². The summed E-state index contributed by atoms with van der Waals surface area (Å²) in [5.74, 6) is -3.65. The third-order valence-corrected chi connectivity index (χ3v) is 4.67. The number of likely N-dealkylation sites (N-methyl/N-ethyl adjacent to an activating group) is 1. The molecule has 10 nitrogen and oxygen atoms in total. The van der Waals surface area contributed by atoms with Gasteiger partial charge in [-0.25, -0.2) is 9.59 Å². The molecular formula is C19H26N4O6. The monoisotopic (exact) mass is 406 g/mol. The van der Waals surface area contributed by atoms with Gasteiger partial charge in [-0.2, -0.15) is 0 Å². The van der Waals surface area contributed by atoms with E-state index in [2.05, 4.69) is 22.0 Å². The quantitative estimate of drug-likeness (QED) is 0.239. The number of aliphatic hydroxyl groups is 1. The number of aromatic nitrogens is 1. The minimum atomic E-state index is -1.82. The van der Waals surface area contributed by atoms with E-state index in [4.69, 9.17) is 25.0 Å². The van der Waals surface area contributed by atoms with Crippen molar-refractivity contribution in [1.82, 2.24) is 14.4 Å². The molecule has 10 heteroatoms. The number of fused-ring (bicyclic) bond motifs is 1. The maximum atomic E-state index is 10.5. The summed E-state index contributed by atoms with van der Waals surface area (Å²) in [7, 11) is 2.13. The van der Waals surface area contributed by atoms with Crippen molar-refractivity contribution < 1.29 is 30.1 Å². The number of aliphatic carboxylic acids is 2. The Hall–Kier alpha value is -2.95. The Morgan fingerprint density at radius 1 is 1.10 bits per heavy atom. The van der Waals surface area contributed by atoms with E-state index >= 15 is 0 Å². The number of carbonyl (C=O) groups is 2. The van der Waals surface area contributed by atoms with E-state index in [0.29, 0.717) is 13.1 Å². The van der Waals surface area contributed by atoms with Crippen molar-refractivity contribution in [2.24, 2.45) is 5.16 Å². The Balaban J connectivity index is 0.000000438. The van der Waals surface area contributed by atoms with Gasteiger partial charge in [0.05, 0.1) is 12.3 Å². The summed E-state index contributed by atoms with van der Waals surface area (Å²) in [5, 5.41) is 38.2. The van der Waals surface area contributed by atoms with Gasteiger partial charge in [-0.15, -0.1) is 0 Å². The molecule has 0 spiro atoms. The summed E-state index contributed by atoms with van der Waals surface area (Å²) in [6, 6.07) is 7.95. The number of benzene rings is 1. The van der Waals surface area contributed by atoms with Crippen LogP contribution >= 0.6 is 0 Å². The number of rotatable bonds is 5. The van der Waals surface area contributed by atoms with Crippen LogP contribution in [0, 0.1) is 0 Å². The molecule has 0 amide bonds. The molecule has 29 heavy (non-hydrogen) atoms. The zero-order chi connectivity index (χ0) is 21.4. The van der Waals surface area contributed by atoms with Gasteiger partial charge in [-0.3, -0.25) is 4.90 Å². The molecule has 0 saturated carbocycles. The average molecular weight is 406 g/mol. The number of nitrogens with zero attached hydrogens (tertiary/aromatic N) is 4. The van der Waals surface area contributed by atoms with E-state index < -0.39 is 18.0 Å². The van der Waals surface area contributed by atoms with Crippen molar-refractivity contribution in [3.63, 3.8) is 0 Å². The molecule has 1 aliphatic heterocycles. The fourth-order valence-corrected chi connectivity index (χ4v) is 3.20. The zero-order valence-electron chi connectivity index (χ0n) is 16.2. The smallest absolute Gasteiger partial charge is 0.414 e. The first kappa shape index (κ1) is 22.3. The van der Waals surface area contributed by atoms with Gasteiger partial charge in [-0.1, -0.05) is 23.4 Å². The Morgan fingerprint density at radius 3 is 2.31 bits per heavy atom. The highest BCUT2D eigenvalue weighted by atomic mass is 16.4. The van der Waals surface area contributed by atoms with Gasteiger partial charge < -0.3 is 30.0 Å². The number of hydrogen-bond donors (Lipinski definition) is 4. The van der Waals surface area contributed by atoms with Gasteiger partial charge in [-0.05, 0) is 13.1 Å². The molecule has 2 heterocycles. The van der Waals surface area contributed by atoms with Crippen molar-refractivity contribution in [3.8, 4) is 0 Å². The average Bonchev–Trinajstić information content (AvgIpc) is 3.02. The van der Waals surface area contributed by atoms with Crippen LogP contribution in [0.5, 0.6) is 0 Å². The van der Waals surface area contributed by atoms with Crippen LogP contribution in [0.3, 0.4) is 0 Å². The number of piperazine rings is 1. The first-order valence-corrected chi connectivity index (χ1v) is 9.12. The van der Waals surface area contributed by atoms with Gasteiger partial charge in [0, 0.05) is 61.9 Å². The summed E-state index contributed by atoms with van der Waals surface area (Å²) in [6.07, 6.45) is 2.94. The van der Waals surface area contributed by atoms with Crippen LogP contribution in [-0.4, -0.2) is 98.9 Å². The molecule has 158 valence electrons. The highest BCUT2D eigenvalue weighted by Crippen LogP contribution is 2.20. The molecule has 0 aliphatic carbocycles. The summed E-state index contributed by atoms with van der Waals surface area (Å²) in [5.41, 5.74) is 1.90. The van der Waals surface area contributed by atoms with Crippen LogP contribution in [0.4, 0.5) is 0 Å². The highest BCUT2D eigenvalue weighted by Gasteiger charge is 2.18. The van der Waals surface area contributed by atoms with Gasteiger partial charge in [0.1, 0.15) is 0 Å². The first-order chi connectivity index (χ1) is 13.8. The number of hydrogen-bond acceptors (Lipinski definition) is 7. The molecule has 1 aromatic carbocycles. The van der Waals surface area contributed by atoms with E-state index in [0.717, 1.165) is 42.6 Å². The molecule has 1 unspecified atom stereocenters. The Bertz CT molecular complexity index is 846. The summed E-state index contributed by atoms with van der Waals surface area (Å²) in [4.78, 5) is 22.8. The molecule has 1 aliphatic rings. The predicted octanol–water partition coefficient (Wildman–Crippen LogP) is 0.213. The Morgan fingerprint density at radius 2 is 1.72 bits per heavy atom. The maximum Gasteiger partial charge on any atom is 0.414 e. The number of carboxylic acid groups (broad SMARTS) is 2. The SMILES string of the molecule is CN1CCN(CC(O)Cn2cc(/C=N/O)c3ccccc32)CC1.O=C(O)C(=O)O. The molecule has 4 N–H and O–H groups in total. The van der Waals surface area contributed by atoms with Crippen LogP contribution in [0.25, 0.3) is 10.9 Å². The van der Waals surface area contributed by atoms with E-state index in [1.807, 2.05) is 35.0 Å². The van der Waals surface area contributed by atoms with Crippen molar-refractivity contribution in [2.45, 2.75) is 12.6 Å². The van der Waals surface area contributed by atoms with Gasteiger partial charge >= 0.3 is 11.9 Å². The molecule has 1 fully saturated rings. The third-order valence-electron chi connectivity index (χ3n) is 4.67. The molecule has 0 bridgehead atoms. The minimum absolute atomic E-state index is 0.423. The lowest BCUT2D eigenvalue weighted by atomic mass is 10.2. The predicted molar refractivity (Wildman–Crippen MR) is 107 cm³/mol. The number of carboxylic acids is 2. The van der Waals surface area contributed by atoms with E-state index in [1.165, 1.54) is 6.21 Å². The van der Waals surface area contributed by atoms with E-state index in [1.54, 1.807) is 0 Å². The molecule has 0 radical (unpaired) electrons. The second kappa shape index (κ2) is 10.6. The third kappa shape index (κ3) is 6.56.